The van der Waals surface area contributed by atoms with Crippen LogP contribution in [-0.4, -0.2) is 32.0 Å². The van der Waals surface area contributed by atoms with Gasteiger partial charge in [0.25, 0.3) is 0 Å². The summed E-state index contributed by atoms with van der Waals surface area (Å²) in [6, 6.07) is 5.78. The molecule has 7 heteroatoms. The maximum Gasteiger partial charge on any atom is 0.332 e. The average Bonchev–Trinajstić information content (AvgIpc) is 2.47. The van der Waals surface area contributed by atoms with Gasteiger partial charge in [-0.1, -0.05) is 13.3 Å². The molecule has 114 valence electrons. The SMILES string of the molecule is CCCCNC1NC(=O)N(c2ccc(OC)cc2)C(=O)N1. The van der Waals surface area contributed by atoms with Gasteiger partial charge in [0.2, 0.25) is 0 Å². The molecule has 0 aliphatic carbocycles. The third-order valence-corrected chi connectivity index (χ3v) is 3.15. The summed E-state index contributed by atoms with van der Waals surface area (Å²) < 4.78 is 5.05. The Hall–Kier alpha value is -2.28. The molecule has 1 fully saturated rings. The quantitative estimate of drug-likeness (QED) is 0.696. The second-order valence-electron chi connectivity index (χ2n) is 4.67. The highest BCUT2D eigenvalue weighted by Crippen LogP contribution is 2.20. The topological polar surface area (TPSA) is 82.7 Å². The Morgan fingerprint density at radius 1 is 1.19 bits per heavy atom. The largest absolute Gasteiger partial charge is 0.497 e. The van der Waals surface area contributed by atoms with Gasteiger partial charge in [-0.15, -0.1) is 0 Å². The molecular weight excluding hydrogens is 272 g/mol. The lowest BCUT2D eigenvalue weighted by molar-refractivity contribution is 0.211. The van der Waals surface area contributed by atoms with Crippen molar-refractivity contribution in [3.05, 3.63) is 24.3 Å². The van der Waals surface area contributed by atoms with Crippen LogP contribution in [0.2, 0.25) is 0 Å². The summed E-state index contributed by atoms with van der Waals surface area (Å²) in [6.45, 7) is 2.80. The molecule has 0 saturated carbocycles. The number of rotatable bonds is 6. The maximum atomic E-state index is 12.1. The Balaban J connectivity index is 2.02. The molecule has 0 spiro atoms. The lowest BCUT2D eigenvalue weighted by Gasteiger charge is -2.32. The standard InChI is InChI=1S/C14H20N4O3/c1-3-4-9-15-12-16-13(19)18(14(20)17-12)10-5-7-11(21-2)8-6-10/h5-8,12,15H,3-4,9H2,1-2H3,(H,16,19)(H,17,20). The van der Waals surface area contributed by atoms with Crippen molar-refractivity contribution in [1.82, 2.24) is 16.0 Å². The summed E-state index contributed by atoms with van der Waals surface area (Å²) in [5.41, 5.74) is 0.484. The summed E-state index contributed by atoms with van der Waals surface area (Å²) in [5, 5.41) is 8.45. The Kier molecular flexibility index (Phi) is 4.99. The van der Waals surface area contributed by atoms with E-state index in [1.165, 1.54) is 0 Å². The zero-order valence-corrected chi connectivity index (χ0v) is 12.2. The number of hydrogen-bond donors (Lipinski definition) is 3. The number of benzene rings is 1. The van der Waals surface area contributed by atoms with Crippen LogP contribution in [0.5, 0.6) is 5.75 Å². The van der Waals surface area contributed by atoms with E-state index in [1.807, 2.05) is 0 Å². The summed E-state index contributed by atoms with van der Waals surface area (Å²) >= 11 is 0. The van der Waals surface area contributed by atoms with E-state index >= 15 is 0 Å². The predicted octanol–water partition coefficient (Wildman–Crippen LogP) is 1.61. The molecule has 0 bridgehead atoms. The summed E-state index contributed by atoms with van der Waals surface area (Å²) in [7, 11) is 1.56. The van der Waals surface area contributed by atoms with Crippen LogP contribution >= 0.6 is 0 Å². The Morgan fingerprint density at radius 3 is 2.33 bits per heavy atom. The first kappa shape index (κ1) is 15.1. The number of carbonyl (C=O) groups is 2. The Bertz CT molecular complexity index is 485. The average molecular weight is 292 g/mol. The first-order valence-electron chi connectivity index (χ1n) is 6.94. The lowest BCUT2D eigenvalue weighted by Crippen LogP contribution is -2.68. The lowest BCUT2D eigenvalue weighted by atomic mass is 10.3. The van der Waals surface area contributed by atoms with Crippen LogP contribution in [-0.2, 0) is 0 Å². The second kappa shape index (κ2) is 6.94. The molecule has 1 aromatic rings. The molecule has 7 nitrogen and oxygen atoms in total. The van der Waals surface area contributed by atoms with E-state index in [-0.39, 0.29) is 0 Å². The first-order valence-corrected chi connectivity index (χ1v) is 6.94. The summed E-state index contributed by atoms with van der Waals surface area (Å²) in [6.07, 6.45) is 1.48. The number of imide groups is 1. The molecule has 1 aliphatic rings. The minimum absolute atomic E-state index is 0.460. The van der Waals surface area contributed by atoms with Crippen LogP contribution in [0.25, 0.3) is 0 Å². The van der Waals surface area contributed by atoms with E-state index in [0.717, 1.165) is 24.3 Å². The van der Waals surface area contributed by atoms with E-state index < -0.39 is 18.4 Å². The van der Waals surface area contributed by atoms with Crippen LogP contribution in [0.4, 0.5) is 15.3 Å². The van der Waals surface area contributed by atoms with Crippen LogP contribution in [0.3, 0.4) is 0 Å². The molecule has 4 amide bonds. The van der Waals surface area contributed by atoms with Crippen molar-refractivity contribution in [2.24, 2.45) is 0 Å². The molecule has 1 aromatic carbocycles. The van der Waals surface area contributed by atoms with Crippen molar-refractivity contribution in [3.63, 3.8) is 0 Å². The van der Waals surface area contributed by atoms with Gasteiger partial charge < -0.3 is 15.4 Å². The highest BCUT2D eigenvalue weighted by atomic mass is 16.5. The van der Waals surface area contributed by atoms with Crippen LogP contribution in [0.1, 0.15) is 19.8 Å². The van der Waals surface area contributed by atoms with Crippen LogP contribution in [0.15, 0.2) is 24.3 Å². The van der Waals surface area contributed by atoms with Gasteiger partial charge in [0.05, 0.1) is 12.8 Å². The van der Waals surface area contributed by atoms with E-state index in [9.17, 15) is 9.59 Å². The van der Waals surface area contributed by atoms with E-state index in [0.29, 0.717) is 11.4 Å². The zero-order valence-electron chi connectivity index (χ0n) is 12.2. The summed E-state index contributed by atoms with van der Waals surface area (Å²) in [5.74, 6) is 0.663. The summed E-state index contributed by atoms with van der Waals surface area (Å²) in [4.78, 5) is 25.2. The number of amides is 4. The first-order chi connectivity index (χ1) is 10.2. The number of urea groups is 2. The van der Waals surface area contributed by atoms with Crippen LogP contribution in [0, 0.1) is 0 Å². The number of nitrogens with one attached hydrogen (secondary N) is 3. The van der Waals surface area contributed by atoms with Gasteiger partial charge in [0.1, 0.15) is 5.75 Å². The fraction of sp³-hybridized carbons (Fsp3) is 0.429. The third kappa shape index (κ3) is 3.63. The van der Waals surface area contributed by atoms with Gasteiger partial charge in [0.15, 0.2) is 6.29 Å². The molecule has 0 atom stereocenters. The van der Waals surface area contributed by atoms with Crippen LogP contribution < -0.4 is 25.6 Å². The van der Waals surface area contributed by atoms with Crippen molar-refractivity contribution in [2.45, 2.75) is 26.1 Å². The van der Waals surface area contributed by atoms with E-state index in [4.69, 9.17) is 4.74 Å². The fourth-order valence-electron chi connectivity index (χ4n) is 2.00. The molecule has 0 unspecified atom stereocenters. The second-order valence-corrected chi connectivity index (χ2v) is 4.67. The molecule has 2 rings (SSSR count). The third-order valence-electron chi connectivity index (χ3n) is 3.15. The van der Waals surface area contributed by atoms with Crippen molar-refractivity contribution >= 4 is 17.7 Å². The maximum absolute atomic E-state index is 12.1. The van der Waals surface area contributed by atoms with Gasteiger partial charge in [0, 0.05) is 0 Å². The number of methoxy groups -OCH3 is 1. The number of carbonyl (C=O) groups excluding carboxylic acids is 2. The highest BCUT2D eigenvalue weighted by molar-refractivity contribution is 6.15. The molecule has 1 aliphatic heterocycles. The fourth-order valence-corrected chi connectivity index (χ4v) is 2.00. The van der Waals surface area contributed by atoms with E-state index in [1.54, 1.807) is 31.4 Å². The van der Waals surface area contributed by atoms with Gasteiger partial charge in [-0.3, -0.25) is 5.32 Å². The molecule has 21 heavy (non-hydrogen) atoms. The molecule has 0 aromatic heterocycles. The molecule has 0 radical (unpaired) electrons. The van der Waals surface area contributed by atoms with Gasteiger partial charge in [-0.25, -0.2) is 14.5 Å². The Morgan fingerprint density at radius 2 is 1.81 bits per heavy atom. The number of unbranched alkanes of at least 4 members (excludes halogenated alkanes) is 1. The monoisotopic (exact) mass is 292 g/mol. The highest BCUT2D eigenvalue weighted by Gasteiger charge is 2.32. The number of anilines is 1. The minimum Gasteiger partial charge on any atom is -0.497 e. The molecular formula is C14H20N4O3. The molecule has 3 N–H and O–H groups in total. The van der Waals surface area contributed by atoms with Gasteiger partial charge in [-0.2, -0.15) is 0 Å². The number of hydrogen-bond acceptors (Lipinski definition) is 4. The minimum atomic E-state index is -0.536. The van der Waals surface area contributed by atoms with Crippen molar-refractivity contribution < 1.29 is 14.3 Å². The van der Waals surface area contributed by atoms with Crippen molar-refractivity contribution in [3.8, 4) is 5.75 Å². The molecule has 1 saturated heterocycles. The van der Waals surface area contributed by atoms with Crippen molar-refractivity contribution in [2.75, 3.05) is 18.6 Å². The van der Waals surface area contributed by atoms with Crippen molar-refractivity contribution in [1.29, 1.82) is 0 Å². The van der Waals surface area contributed by atoms with E-state index in [2.05, 4.69) is 22.9 Å². The molecule has 1 heterocycles. The normalized spacial score (nSPS) is 15.6. The number of nitrogens with zero attached hydrogens (tertiary/aromatic N) is 1. The van der Waals surface area contributed by atoms with Gasteiger partial charge in [-0.05, 0) is 37.2 Å². The zero-order chi connectivity index (χ0) is 15.2. The number of ether oxygens (including phenoxy) is 1. The Labute approximate surface area is 123 Å². The van der Waals surface area contributed by atoms with Gasteiger partial charge >= 0.3 is 12.1 Å². The smallest absolute Gasteiger partial charge is 0.332 e. The predicted molar refractivity (Wildman–Crippen MR) is 79.2 cm³/mol.